The molecule has 0 fully saturated rings. The van der Waals surface area contributed by atoms with Crippen molar-refractivity contribution in [2.24, 2.45) is 0 Å². The molecule has 1 aromatic heterocycles. The van der Waals surface area contributed by atoms with Crippen molar-refractivity contribution in [1.82, 2.24) is 10.3 Å². The highest BCUT2D eigenvalue weighted by molar-refractivity contribution is 9.10. The number of hydrogen-bond acceptors (Lipinski definition) is 2. The topological polar surface area (TPSA) is 37.0 Å². The van der Waals surface area contributed by atoms with E-state index in [4.69, 9.17) is 12.2 Å². The molecule has 0 aliphatic carbocycles. The molecule has 1 atom stereocenters. The van der Waals surface area contributed by atoms with Gasteiger partial charge in [0.2, 0.25) is 0 Å². The van der Waals surface area contributed by atoms with Gasteiger partial charge in [0.25, 0.3) is 0 Å². The molecule has 88 valence electrons. The van der Waals surface area contributed by atoms with E-state index >= 15 is 0 Å². The molecule has 16 heavy (non-hydrogen) atoms. The molecule has 0 aromatic carbocycles. The molecule has 0 amide bonds. The van der Waals surface area contributed by atoms with Crippen LogP contribution in [-0.4, -0.2) is 16.1 Å². The highest BCUT2D eigenvalue weighted by Crippen LogP contribution is 2.10. The third kappa shape index (κ3) is 4.90. The Balaban J connectivity index is 2.42. The minimum atomic E-state index is 0.389. The van der Waals surface area contributed by atoms with E-state index in [2.05, 4.69) is 45.4 Å². The molecule has 1 heterocycles. The van der Waals surface area contributed by atoms with E-state index in [9.17, 15) is 0 Å². The van der Waals surface area contributed by atoms with E-state index in [1.165, 1.54) is 0 Å². The molecule has 0 unspecified atom stereocenters. The van der Waals surface area contributed by atoms with Gasteiger partial charge >= 0.3 is 0 Å². The van der Waals surface area contributed by atoms with Gasteiger partial charge < -0.3 is 10.6 Å². The molecule has 1 rings (SSSR count). The second-order valence-electron chi connectivity index (χ2n) is 3.65. The van der Waals surface area contributed by atoms with E-state index in [1.807, 2.05) is 12.1 Å². The summed E-state index contributed by atoms with van der Waals surface area (Å²) in [5, 5.41) is 6.88. The maximum atomic E-state index is 5.19. The highest BCUT2D eigenvalue weighted by atomic mass is 79.9. The number of aromatic nitrogens is 1. The molecule has 0 saturated carbocycles. The van der Waals surface area contributed by atoms with Crippen LogP contribution in [0.2, 0.25) is 0 Å². The van der Waals surface area contributed by atoms with Crippen molar-refractivity contribution >= 4 is 39.1 Å². The van der Waals surface area contributed by atoms with E-state index in [-0.39, 0.29) is 0 Å². The number of nitrogens with zero attached hydrogens (tertiary/aromatic N) is 1. The summed E-state index contributed by atoms with van der Waals surface area (Å²) in [6.45, 7) is 4.28. The number of thiocarbonyl (C=S) groups is 1. The molecular weight excluding hydrogens is 286 g/mol. The number of pyridine rings is 1. The van der Waals surface area contributed by atoms with E-state index in [0.717, 1.165) is 23.1 Å². The first kappa shape index (κ1) is 13.4. The zero-order valence-corrected chi connectivity index (χ0v) is 11.9. The molecule has 1 aromatic rings. The van der Waals surface area contributed by atoms with Crippen molar-refractivity contribution in [1.29, 1.82) is 0 Å². The third-order valence-electron chi connectivity index (χ3n) is 2.07. The van der Waals surface area contributed by atoms with Gasteiger partial charge in [-0.15, -0.1) is 0 Å². The van der Waals surface area contributed by atoms with Gasteiger partial charge in [-0.25, -0.2) is 4.98 Å². The third-order valence-corrected chi connectivity index (χ3v) is 2.76. The van der Waals surface area contributed by atoms with Crippen LogP contribution in [0.5, 0.6) is 0 Å². The molecular formula is C11H16BrN3S. The van der Waals surface area contributed by atoms with Crippen LogP contribution in [0.25, 0.3) is 0 Å². The Labute approximate surface area is 110 Å². The molecule has 5 heteroatoms. The van der Waals surface area contributed by atoms with Crippen molar-refractivity contribution in [3.63, 3.8) is 0 Å². The van der Waals surface area contributed by atoms with Crippen LogP contribution < -0.4 is 10.6 Å². The van der Waals surface area contributed by atoms with Crippen LogP contribution in [0.4, 0.5) is 5.82 Å². The van der Waals surface area contributed by atoms with E-state index in [1.54, 1.807) is 6.20 Å². The number of anilines is 1. The monoisotopic (exact) mass is 301 g/mol. The zero-order valence-electron chi connectivity index (χ0n) is 9.46. The Morgan fingerprint density at radius 1 is 1.56 bits per heavy atom. The minimum Gasteiger partial charge on any atom is -0.360 e. The van der Waals surface area contributed by atoms with Crippen molar-refractivity contribution < 1.29 is 0 Å². The Bertz CT molecular complexity index is 340. The minimum absolute atomic E-state index is 0.389. The second kappa shape index (κ2) is 6.81. The number of rotatable bonds is 4. The molecule has 2 N–H and O–H groups in total. The SMILES string of the molecule is CCC[C@@H](C)NC(=S)Nc1ccc(Br)cn1. The lowest BCUT2D eigenvalue weighted by atomic mass is 10.2. The molecule has 0 spiro atoms. The van der Waals surface area contributed by atoms with Gasteiger partial charge in [-0.05, 0) is 53.6 Å². The lowest BCUT2D eigenvalue weighted by molar-refractivity contribution is 0.599. The quantitative estimate of drug-likeness (QED) is 0.837. The van der Waals surface area contributed by atoms with Crippen LogP contribution in [0, 0.1) is 0 Å². The molecule has 3 nitrogen and oxygen atoms in total. The smallest absolute Gasteiger partial charge is 0.172 e. The average molecular weight is 302 g/mol. The van der Waals surface area contributed by atoms with Crippen LogP contribution in [-0.2, 0) is 0 Å². The lowest BCUT2D eigenvalue weighted by Crippen LogP contribution is -2.35. The Morgan fingerprint density at radius 2 is 2.31 bits per heavy atom. The van der Waals surface area contributed by atoms with E-state index in [0.29, 0.717) is 11.2 Å². The predicted octanol–water partition coefficient (Wildman–Crippen LogP) is 3.32. The summed E-state index contributed by atoms with van der Waals surface area (Å²) in [5.74, 6) is 0.754. The zero-order chi connectivity index (χ0) is 12.0. The van der Waals surface area contributed by atoms with Crippen molar-refractivity contribution in [2.75, 3.05) is 5.32 Å². The van der Waals surface area contributed by atoms with Crippen LogP contribution in [0.3, 0.4) is 0 Å². The van der Waals surface area contributed by atoms with Gasteiger partial charge in [0.1, 0.15) is 5.82 Å². The van der Waals surface area contributed by atoms with Gasteiger partial charge in [-0.3, -0.25) is 0 Å². The van der Waals surface area contributed by atoms with Crippen LogP contribution in [0.1, 0.15) is 26.7 Å². The Hall–Kier alpha value is -0.680. The van der Waals surface area contributed by atoms with Crippen LogP contribution in [0.15, 0.2) is 22.8 Å². The highest BCUT2D eigenvalue weighted by Gasteiger charge is 2.03. The summed E-state index contributed by atoms with van der Waals surface area (Å²) in [6, 6.07) is 4.19. The number of halogens is 1. The number of nitrogens with one attached hydrogen (secondary N) is 2. The van der Waals surface area contributed by atoms with Crippen molar-refractivity contribution in [2.45, 2.75) is 32.7 Å². The summed E-state index contributed by atoms with van der Waals surface area (Å²) in [6.07, 6.45) is 3.99. The van der Waals surface area contributed by atoms with Gasteiger partial charge in [0, 0.05) is 16.7 Å². The van der Waals surface area contributed by atoms with Crippen molar-refractivity contribution in [3.8, 4) is 0 Å². The maximum Gasteiger partial charge on any atom is 0.172 e. The lowest BCUT2D eigenvalue weighted by Gasteiger charge is -2.15. The largest absolute Gasteiger partial charge is 0.360 e. The summed E-state index contributed by atoms with van der Waals surface area (Å²) < 4.78 is 0.955. The Kier molecular flexibility index (Phi) is 5.69. The second-order valence-corrected chi connectivity index (χ2v) is 4.97. The van der Waals surface area contributed by atoms with Gasteiger partial charge in [-0.2, -0.15) is 0 Å². The summed E-state index contributed by atoms with van der Waals surface area (Å²) in [4.78, 5) is 4.19. The summed E-state index contributed by atoms with van der Waals surface area (Å²) in [7, 11) is 0. The first-order valence-corrected chi connectivity index (χ1v) is 6.51. The fourth-order valence-corrected chi connectivity index (χ4v) is 1.87. The molecule has 0 aliphatic rings. The van der Waals surface area contributed by atoms with E-state index < -0.39 is 0 Å². The van der Waals surface area contributed by atoms with Crippen LogP contribution >= 0.6 is 28.1 Å². The average Bonchev–Trinajstić information content (AvgIpc) is 2.21. The van der Waals surface area contributed by atoms with Gasteiger partial charge in [0.05, 0.1) is 0 Å². The predicted molar refractivity (Wildman–Crippen MR) is 75.7 cm³/mol. The first-order chi connectivity index (χ1) is 7.61. The normalized spacial score (nSPS) is 11.9. The Morgan fingerprint density at radius 3 is 2.88 bits per heavy atom. The fraction of sp³-hybridized carbons (Fsp3) is 0.455. The summed E-state index contributed by atoms with van der Waals surface area (Å²) >= 11 is 8.52. The van der Waals surface area contributed by atoms with Crippen molar-refractivity contribution in [3.05, 3.63) is 22.8 Å². The molecule has 0 aliphatic heterocycles. The fourth-order valence-electron chi connectivity index (χ4n) is 1.33. The molecule has 0 bridgehead atoms. The molecule has 0 radical (unpaired) electrons. The summed E-state index contributed by atoms with van der Waals surface area (Å²) in [5.41, 5.74) is 0. The molecule has 0 saturated heterocycles. The first-order valence-electron chi connectivity index (χ1n) is 5.31. The standard InChI is InChI=1S/C11H16BrN3S/c1-3-4-8(2)14-11(16)15-10-6-5-9(12)7-13-10/h5-8H,3-4H2,1-2H3,(H2,13,14,15,16)/t8-/m1/s1. The maximum absolute atomic E-state index is 5.19. The number of hydrogen-bond donors (Lipinski definition) is 2. The van der Waals surface area contributed by atoms with Gasteiger partial charge in [-0.1, -0.05) is 13.3 Å². The van der Waals surface area contributed by atoms with Gasteiger partial charge in [0.15, 0.2) is 5.11 Å².